The molecular formula is C40H61N5O9S. The lowest BCUT2D eigenvalue weighted by Gasteiger charge is -2.34. The Labute approximate surface area is 328 Å². The van der Waals surface area contributed by atoms with Crippen molar-refractivity contribution in [2.24, 2.45) is 17.8 Å². The smallest absolute Gasteiger partial charge is 0.408 e. The molecule has 15 heteroatoms. The molecule has 3 fully saturated rings. The summed E-state index contributed by atoms with van der Waals surface area (Å²) in [5.41, 5.74) is -2.35. The lowest BCUT2D eigenvalue weighted by atomic mass is 9.85. The normalized spacial score (nSPS) is 30.1. The van der Waals surface area contributed by atoms with Crippen LogP contribution in [0.5, 0.6) is 11.6 Å². The van der Waals surface area contributed by atoms with Gasteiger partial charge in [-0.1, -0.05) is 38.5 Å². The lowest BCUT2D eigenvalue weighted by molar-refractivity contribution is -0.142. The molecule has 1 aromatic carbocycles. The molecule has 2 aliphatic carbocycles. The van der Waals surface area contributed by atoms with E-state index < -0.39 is 73.8 Å². The zero-order valence-corrected chi connectivity index (χ0v) is 33.7. The van der Waals surface area contributed by atoms with Crippen LogP contribution in [0.3, 0.4) is 0 Å². The third-order valence-corrected chi connectivity index (χ3v) is 13.7. The molecule has 1 aromatic heterocycles. The Morgan fingerprint density at radius 1 is 1.13 bits per heavy atom. The molecule has 306 valence electrons. The summed E-state index contributed by atoms with van der Waals surface area (Å²) in [6, 6.07) is 5.14. The molecule has 3 N–H and O–H groups in total. The zero-order chi connectivity index (χ0) is 39.9. The van der Waals surface area contributed by atoms with Gasteiger partial charge in [0.25, 0.3) is 5.91 Å². The van der Waals surface area contributed by atoms with E-state index in [9.17, 15) is 27.6 Å². The standard InChI is InChI=1S/C40H55N5O9S.3H2/c1-8-25-20-24(2)12-9-10-13-26-22-40(26,36(48)44-55(50,51)39(6)17-18-39)43-33(46)30-21-27(23-45(30)35(47)32(25)42-37(49)54-38(3,4)5)53-34-29-14-11-15-31(52-7)28(29)16-19-41-34;;;/h10-11,13-16,19,24-27,30,32H,8-9,12,17-18,20-23H2,1-7H3,(H,42,49)(H,43,46)(H,44,48);3*1H/b13-10-;;;/t24-,25-,26-,27-,30+,32+,40-;;;/m1.../s1. The van der Waals surface area contributed by atoms with Gasteiger partial charge in [-0.2, -0.15) is 0 Å². The Balaban J connectivity index is 0.00000300. The molecule has 1 saturated heterocycles. The average Bonchev–Trinajstić information content (AvgIpc) is 4.00. The van der Waals surface area contributed by atoms with Crippen molar-refractivity contribution in [1.82, 2.24) is 25.2 Å². The molecule has 55 heavy (non-hydrogen) atoms. The first kappa shape index (κ1) is 40.3. The van der Waals surface area contributed by atoms with Gasteiger partial charge in [0.05, 0.1) is 18.4 Å². The number of carbonyl (C=O) groups is 4. The molecule has 4 amide bonds. The monoisotopic (exact) mass is 787 g/mol. The van der Waals surface area contributed by atoms with Crippen LogP contribution >= 0.6 is 0 Å². The highest BCUT2D eigenvalue weighted by Gasteiger charge is 2.63. The van der Waals surface area contributed by atoms with Crippen molar-refractivity contribution < 1.29 is 46.1 Å². The van der Waals surface area contributed by atoms with Gasteiger partial charge in [0.1, 0.15) is 35.1 Å². The number of methoxy groups -OCH3 is 1. The minimum absolute atomic E-state index is 0. The second-order valence-electron chi connectivity index (χ2n) is 16.9. The topological polar surface area (TPSA) is 182 Å². The summed E-state index contributed by atoms with van der Waals surface area (Å²) in [5, 5.41) is 7.23. The second-order valence-corrected chi connectivity index (χ2v) is 19.1. The first-order valence-electron chi connectivity index (χ1n) is 19.3. The predicted molar refractivity (Wildman–Crippen MR) is 212 cm³/mol. The van der Waals surface area contributed by atoms with E-state index in [1.54, 1.807) is 41.0 Å². The van der Waals surface area contributed by atoms with Crippen LogP contribution in [0.25, 0.3) is 10.8 Å². The number of allylic oxidation sites excluding steroid dienone is 1. The van der Waals surface area contributed by atoms with Gasteiger partial charge in [-0.15, -0.1) is 0 Å². The Bertz CT molecular complexity index is 1980. The van der Waals surface area contributed by atoms with Crippen molar-refractivity contribution in [1.29, 1.82) is 0 Å². The number of nitrogens with one attached hydrogen (secondary N) is 3. The van der Waals surface area contributed by atoms with Gasteiger partial charge in [-0.25, -0.2) is 18.2 Å². The van der Waals surface area contributed by atoms with E-state index in [-0.39, 0.29) is 35.5 Å². The molecule has 2 aliphatic heterocycles. The van der Waals surface area contributed by atoms with Gasteiger partial charge in [-0.05, 0) is 96.3 Å². The van der Waals surface area contributed by atoms with E-state index >= 15 is 0 Å². The number of hydrogen-bond acceptors (Lipinski definition) is 10. The van der Waals surface area contributed by atoms with Gasteiger partial charge in [-0.3, -0.25) is 19.1 Å². The van der Waals surface area contributed by atoms with Gasteiger partial charge in [0, 0.05) is 33.6 Å². The number of hydrogen-bond donors (Lipinski definition) is 3. The Kier molecular flexibility index (Phi) is 11.2. The molecule has 0 bridgehead atoms. The van der Waals surface area contributed by atoms with Crippen LogP contribution in [0.4, 0.5) is 4.79 Å². The highest BCUT2D eigenvalue weighted by Crippen LogP contribution is 2.47. The number of amides is 4. The first-order valence-corrected chi connectivity index (χ1v) is 20.8. The number of carbonyl (C=O) groups excluding carboxylic acids is 4. The number of alkyl carbamates (subject to hydrolysis) is 1. The van der Waals surface area contributed by atoms with Gasteiger partial charge in [0.15, 0.2) is 0 Å². The van der Waals surface area contributed by atoms with Crippen LogP contribution in [0.15, 0.2) is 42.6 Å². The molecule has 2 aromatic rings. The number of ether oxygens (including phenoxy) is 3. The summed E-state index contributed by atoms with van der Waals surface area (Å²) in [4.78, 5) is 62.6. The second kappa shape index (κ2) is 15.3. The van der Waals surface area contributed by atoms with Crippen molar-refractivity contribution >= 4 is 44.6 Å². The summed E-state index contributed by atoms with van der Waals surface area (Å²) in [6.07, 6.45) is 7.75. The lowest BCUT2D eigenvalue weighted by Crippen LogP contribution is -2.59. The quantitative estimate of drug-likeness (QED) is 0.289. The minimum Gasteiger partial charge on any atom is -0.496 e. The number of nitrogens with zero attached hydrogens (tertiary/aromatic N) is 2. The summed E-state index contributed by atoms with van der Waals surface area (Å²) < 4.78 is 45.3. The molecule has 0 radical (unpaired) electrons. The Morgan fingerprint density at radius 2 is 1.87 bits per heavy atom. The highest BCUT2D eigenvalue weighted by atomic mass is 32.2. The molecule has 14 nitrogen and oxygen atoms in total. The Morgan fingerprint density at radius 3 is 2.55 bits per heavy atom. The molecule has 2 saturated carbocycles. The van der Waals surface area contributed by atoms with Crippen LogP contribution < -0.4 is 24.8 Å². The first-order chi connectivity index (χ1) is 25.9. The molecule has 3 heterocycles. The third-order valence-electron chi connectivity index (χ3n) is 11.5. The molecular weight excluding hydrogens is 727 g/mol. The van der Waals surface area contributed by atoms with Crippen molar-refractivity contribution in [3.63, 3.8) is 0 Å². The maximum absolute atomic E-state index is 14.9. The van der Waals surface area contributed by atoms with Crippen molar-refractivity contribution in [2.75, 3.05) is 13.7 Å². The fraction of sp³-hybridized carbons (Fsp3) is 0.625. The largest absolute Gasteiger partial charge is 0.496 e. The summed E-state index contributed by atoms with van der Waals surface area (Å²) in [7, 11) is -2.43. The van der Waals surface area contributed by atoms with E-state index in [0.29, 0.717) is 49.1 Å². The number of aromatic nitrogens is 1. The van der Waals surface area contributed by atoms with Crippen LogP contribution in [-0.2, 0) is 29.1 Å². The summed E-state index contributed by atoms with van der Waals surface area (Å²) >= 11 is 0. The van der Waals surface area contributed by atoms with Crippen LogP contribution in [0.1, 0.15) is 97.2 Å². The van der Waals surface area contributed by atoms with Crippen molar-refractivity contribution in [3.8, 4) is 11.6 Å². The fourth-order valence-electron chi connectivity index (χ4n) is 7.83. The van der Waals surface area contributed by atoms with E-state index in [0.717, 1.165) is 11.8 Å². The molecule has 6 rings (SSSR count). The van der Waals surface area contributed by atoms with Crippen LogP contribution in [0.2, 0.25) is 0 Å². The molecule has 0 unspecified atom stereocenters. The number of sulfonamides is 1. The predicted octanol–water partition coefficient (Wildman–Crippen LogP) is 5.50. The van der Waals surface area contributed by atoms with Crippen molar-refractivity contribution in [2.45, 2.75) is 127 Å². The number of fused-ring (bicyclic) bond motifs is 3. The third kappa shape index (κ3) is 8.56. The van der Waals surface area contributed by atoms with E-state index in [4.69, 9.17) is 14.2 Å². The number of pyridine rings is 1. The minimum atomic E-state index is -4.00. The summed E-state index contributed by atoms with van der Waals surface area (Å²) in [5.74, 6) is -1.56. The Hall–Kier alpha value is -4.40. The van der Waals surface area contributed by atoms with E-state index in [2.05, 4.69) is 27.3 Å². The van der Waals surface area contributed by atoms with Crippen molar-refractivity contribution in [3.05, 3.63) is 42.6 Å². The fourth-order valence-corrected chi connectivity index (χ4v) is 9.14. The molecule has 7 atom stereocenters. The summed E-state index contributed by atoms with van der Waals surface area (Å²) in [6.45, 7) is 10.9. The molecule has 4 aliphatic rings. The zero-order valence-electron chi connectivity index (χ0n) is 32.8. The highest BCUT2D eigenvalue weighted by molar-refractivity contribution is 7.91. The maximum Gasteiger partial charge on any atom is 0.408 e. The van der Waals surface area contributed by atoms with Crippen LogP contribution in [0, 0.1) is 17.8 Å². The van der Waals surface area contributed by atoms with Gasteiger partial charge in [0.2, 0.25) is 27.7 Å². The number of benzene rings is 1. The van der Waals surface area contributed by atoms with E-state index in [1.165, 1.54) is 4.90 Å². The van der Waals surface area contributed by atoms with Gasteiger partial charge >= 0.3 is 6.09 Å². The maximum atomic E-state index is 14.9. The van der Waals surface area contributed by atoms with Gasteiger partial charge < -0.3 is 29.7 Å². The average molecular weight is 788 g/mol. The van der Waals surface area contributed by atoms with Crippen LogP contribution in [-0.4, -0.2) is 89.8 Å². The SMILES string of the molecule is CC[C@@H]1C[C@H](C)CC/C=C\[C@@H]2C[C@@]2(C(=O)NS(=O)(=O)C2(C)CC2)NC(=O)[C@@H]2C[C@@H](Oc3nccc4c(OC)cccc34)CN2C(=O)[C@H]1NC(=O)OC(C)(C)C.[HH].[HH].[HH]. The van der Waals surface area contributed by atoms with E-state index in [1.807, 2.05) is 43.3 Å². The molecule has 0 spiro atoms. The number of rotatable bonds is 8.